The van der Waals surface area contributed by atoms with Crippen LogP contribution in [0.2, 0.25) is 0 Å². The van der Waals surface area contributed by atoms with E-state index < -0.39 is 29.3 Å². The molecule has 2 aliphatic heterocycles. The number of carbonyl (C=O) groups excluding carboxylic acids is 2. The van der Waals surface area contributed by atoms with Gasteiger partial charge in [-0.05, 0) is 18.1 Å². The van der Waals surface area contributed by atoms with E-state index in [1.54, 1.807) is 44.2 Å². The van der Waals surface area contributed by atoms with Crippen LogP contribution in [0.1, 0.15) is 13.8 Å². The number of amides is 2. The lowest BCUT2D eigenvalue weighted by molar-refractivity contribution is -0.151. The Hall–Kier alpha value is -2.21. The number of benzene rings is 1. The van der Waals surface area contributed by atoms with Crippen LogP contribution in [0.5, 0.6) is 0 Å². The third-order valence-corrected chi connectivity index (χ3v) is 4.81. The summed E-state index contributed by atoms with van der Waals surface area (Å²) in [6.45, 7) is 3.72. The van der Waals surface area contributed by atoms with Crippen molar-refractivity contribution in [1.29, 1.82) is 0 Å². The van der Waals surface area contributed by atoms with E-state index in [1.807, 2.05) is 0 Å². The monoisotopic (exact) mass is 302 g/mol. The highest BCUT2D eigenvalue weighted by atomic mass is 16.4. The second kappa shape index (κ2) is 4.91. The summed E-state index contributed by atoms with van der Waals surface area (Å²) in [6, 6.07) is 8.65. The van der Waals surface area contributed by atoms with Crippen molar-refractivity contribution in [2.45, 2.75) is 19.4 Å². The number of carboxylic acids is 1. The normalized spacial score (nSPS) is 31.0. The smallest absolute Gasteiger partial charge is 0.325 e. The van der Waals surface area contributed by atoms with Gasteiger partial charge in [-0.25, -0.2) is 4.90 Å². The number of aliphatic carboxylic acids is 1. The summed E-state index contributed by atoms with van der Waals surface area (Å²) in [7, 11) is 0. The van der Waals surface area contributed by atoms with Crippen molar-refractivity contribution in [3.63, 3.8) is 0 Å². The number of para-hydroxylation sites is 1. The van der Waals surface area contributed by atoms with Gasteiger partial charge in [0.2, 0.25) is 11.8 Å². The fraction of sp³-hybridized carbons (Fsp3) is 0.438. The molecule has 2 saturated heterocycles. The zero-order chi connectivity index (χ0) is 16.1. The molecule has 0 aromatic heterocycles. The largest absolute Gasteiger partial charge is 0.480 e. The average Bonchev–Trinajstić information content (AvgIpc) is 2.99. The highest BCUT2D eigenvalue weighted by molar-refractivity contribution is 6.24. The topological polar surface area (TPSA) is 86.7 Å². The van der Waals surface area contributed by atoms with Gasteiger partial charge in [0, 0.05) is 6.54 Å². The maximum Gasteiger partial charge on any atom is 0.325 e. The van der Waals surface area contributed by atoms with Crippen molar-refractivity contribution >= 4 is 23.5 Å². The molecule has 2 aliphatic rings. The zero-order valence-corrected chi connectivity index (χ0v) is 12.4. The van der Waals surface area contributed by atoms with Crippen molar-refractivity contribution in [1.82, 2.24) is 5.32 Å². The van der Waals surface area contributed by atoms with Crippen LogP contribution in [-0.2, 0) is 14.4 Å². The Labute approximate surface area is 128 Å². The van der Waals surface area contributed by atoms with E-state index in [9.17, 15) is 19.5 Å². The van der Waals surface area contributed by atoms with Gasteiger partial charge in [0.15, 0.2) is 0 Å². The molecule has 0 saturated carbocycles. The van der Waals surface area contributed by atoms with E-state index in [1.165, 1.54) is 0 Å². The van der Waals surface area contributed by atoms with Crippen molar-refractivity contribution in [3.05, 3.63) is 30.3 Å². The lowest BCUT2D eigenvalue weighted by Gasteiger charge is -2.33. The fourth-order valence-electron chi connectivity index (χ4n) is 3.68. The van der Waals surface area contributed by atoms with Crippen LogP contribution < -0.4 is 10.2 Å². The molecule has 0 spiro atoms. The molecule has 1 aromatic rings. The van der Waals surface area contributed by atoms with Gasteiger partial charge in [0.25, 0.3) is 0 Å². The van der Waals surface area contributed by atoms with Crippen molar-refractivity contribution < 1.29 is 19.5 Å². The number of hydrogen-bond donors (Lipinski definition) is 2. The molecule has 2 fully saturated rings. The number of anilines is 1. The number of carbonyl (C=O) groups is 3. The number of imide groups is 1. The van der Waals surface area contributed by atoms with Crippen LogP contribution in [0.4, 0.5) is 5.69 Å². The molecule has 2 amide bonds. The Balaban J connectivity index is 2.06. The van der Waals surface area contributed by atoms with Crippen molar-refractivity contribution in [2.24, 2.45) is 17.8 Å². The van der Waals surface area contributed by atoms with E-state index in [0.717, 1.165) is 4.90 Å². The van der Waals surface area contributed by atoms with Gasteiger partial charge < -0.3 is 10.4 Å². The number of rotatable bonds is 3. The van der Waals surface area contributed by atoms with Crippen LogP contribution in [0.25, 0.3) is 0 Å². The standard InChI is InChI=1S/C16H18N2O4/c1-9(2)16(15(21)22)12-11(8-17-16)13(19)18(14(12)20)10-6-4-3-5-7-10/h3-7,9,11-12,17H,8H2,1-2H3,(H,21,22)/t11-,12+,16+/m0/s1. The first kappa shape index (κ1) is 14.7. The molecule has 2 heterocycles. The quantitative estimate of drug-likeness (QED) is 0.809. The van der Waals surface area contributed by atoms with Gasteiger partial charge >= 0.3 is 5.97 Å². The molecular weight excluding hydrogens is 284 g/mol. The van der Waals surface area contributed by atoms with Crippen LogP contribution in [-0.4, -0.2) is 35.0 Å². The van der Waals surface area contributed by atoms with Gasteiger partial charge in [-0.2, -0.15) is 0 Å². The zero-order valence-electron chi connectivity index (χ0n) is 12.4. The SMILES string of the molecule is CC(C)[C@@]1(C(=O)O)NC[C@@H]2C(=O)N(c3ccccc3)C(=O)[C@@H]21. The Kier molecular flexibility index (Phi) is 3.29. The molecule has 3 rings (SSSR count). The highest BCUT2D eigenvalue weighted by Crippen LogP contribution is 2.44. The predicted molar refractivity (Wildman–Crippen MR) is 79.1 cm³/mol. The molecule has 2 N–H and O–H groups in total. The molecule has 0 unspecified atom stereocenters. The minimum atomic E-state index is -1.39. The number of hydrogen-bond acceptors (Lipinski definition) is 4. The molecule has 6 nitrogen and oxygen atoms in total. The van der Waals surface area contributed by atoms with E-state index in [0.29, 0.717) is 5.69 Å². The summed E-state index contributed by atoms with van der Waals surface area (Å²) in [4.78, 5) is 38.4. The molecule has 0 radical (unpaired) electrons. The average molecular weight is 302 g/mol. The molecule has 0 bridgehead atoms. The lowest BCUT2D eigenvalue weighted by atomic mass is 9.74. The van der Waals surface area contributed by atoms with Crippen molar-refractivity contribution in [3.8, 4) is 0 Å². The second-order valence-corrected chi connectivity index (χ2v) is 6.14. The molecule has 6 heteroatoms. The Morgan fingerprint density at radius 1 is 1.27 bits per heavy atom. The Morgan fingerprint density at radius 3 is 2.45 bits per heavy atom. The first-order valence-corrected chi connectivity index (χ1v) is 7.32. The number of carboxylic acid groups (broad SMARTS) is 1. The first-order chi connectivity index (χ1) is 10.4. The number of nitrogens with one attached hydrogen (secondary N) is 1. The molecule has 3 atom stereocenters. The van der Waals surface area contributed by atoms with E-state index in [-0.39, 0.29) is 18.4 Å². The Morgan fingerprint density at radius 2 is 1.91 bits per heavy atom. The van der Waals surface area contributed by atoms with Gasteiger partial charge in [-0.15, -0.1) is 0 Å². The number of fused-ring (bicyclic) bond motifs is 1. The lowest BCUT2D eigenvalue weighted by Crippen LogP contribution is -2.59. The molecule has 1 aromatic carbocycles. The fourth-order valence-corrected chi connectivity index (χ4v) is 3.68. The van der Waals surface area contributed by atoms with Crippen LogP contribution >= 0.6 is 0 Å². The van der Waals surface area contributed by atoms with Crippen LogP contribution in [0.15, 0.2) is 30.3 Å². The molecule has 0 aliphatic carbocycles. The van der Waals surface area contributed by atoms with E-state index >= 15 is 0 Å². The van der Waals surface area contributed by atoms with Gasteiger partial charge in [0.05, 0.1) is 17.5 Å². The molecule has 22 heavy (non-hydrogen) atoms. The summed E-state index contributed by atoms with van der Waals surface area (Å²) in [5, 5.41) is 12.6. The maximum absolute atomic E-state index is 12.8. The second-order valence-electron chi connectivity index (χ2n) is 6.14. The predicted octanol–water partition coefficient (Wildman–Crippen LogP) is 0.875. The van der Waals surface area contributed by atoms with E-state index in [4.69, 9.17) is 0 Å². The Bertz CT molecular complexity index is 643. The highest BCUT2D eigenvalue weighted by Gasteiger charge is 2.66. The third kappa shape index (κ3) is 1.73. The number of nitrogens with zero attached hydrogens (tertiary/aromatic N) is 1. The van der Waals surface area contributed by atoms with E-state index in [2.05, 4.69) is 5.32 Å². The summed E-state index contributed by atoms with van der Waals surface area (Å²) >= 11 is 0. The third-order valence-electron chi connectivity index (χ3n) is 4.81. The summed E-state index contributed by atoms with van der Waals surface area (Å²) in [5.74, 6) is -3.62. The minimum Gasteiger partial charge on any atom is -0.480 e. The van der Waals surface area contributed by atoms with Gasteiger partial charge in [-0.3, -0.25) is 14.4 Å². The molecule has 116 valence electrons. The maximum atomic E-state index is 12.8. The van der Waals surface area contributed by atoms with Crippen LogP contribution in [0, 0.1) is 17.8 Å². The summed E-state index contributed by atoms with van der Waals surface area (Å²) in [5.41, 5.74) is -0.893. The summed E-state index contributed by atoms with van der Waals surface area (Å²) in [6.07, 6.45) is 0. The van der Waals surface area contributed by atoms with Gasteiger partial charge in [0.1, 0.15) is 5.54 Å². The first-order valence-electron chi connectivity index (χ1n) is 7.32. The summed E-state index contributed by atoms with van der Waals surface area (Å²) < 4.78 is 0. The molecular formula is C16H18N2O4. The van der Waals surface area contributed by atoms with Gasteiger partial charge in [-0.1, -0.05) is 32.0 Å². The minimum absolute atomic E-state index is 0.211. The van der Waals surface area contributed by atoms with Crippen LogP contribution in [0.3, 0.4) is 0 Å². The van der Waals surface area contributed by atoms with Crippen molar-refractivity contribution in [2.75, 3.05) is 11.4 Å².